The third-order valence-electron chi connectivity index (χ3n) is 4.22. The second kappa shape index (κ2) is 9.02. The molecule has 3 aromatic rings. The van der Waals surface area contributed by atoms with Crippen molar-refractivity contribution < 1.29 is 14.0 Å². The lowest BCUT2D eigenvalue weighted by Crippen LogP contribution is -2.17. The Hall–Kier alpha value is -3.29. The summed E-state index contributed by atoms with van der Waals surface area (Å²) in [7, 11) is 0. The van der Waals surface area contributed by atoms with E-state index < -0.39 is 17.5 Å². The summed E-state index contributed by atoms with van der Waals surface area (Å²) in [5.41, 5.74) is 5.87. The maximum absolute atomic E-state index is 14.3. The fraction of sp³-hybridized carbons (Fsp3) is 0.0476. The van der Waals surface area contributed by atoms with Gasteiger partial charge >= 0.3 is 0 Å². The minimum absolute atomic E-state index is 0.161. The van der Waals surface area contributed by atoms with Crippen molar-refractivity contribution in [1.29, 1.82) is 5.41 Å². The second-order valence-electron chi connectivity index (χ2n) is 6.33. The summed E-state index contributed by atoms with van der Waals surface area (Å²) in [6, 6.07) is 11.3. The zero-order chi connectivity index (χ0) is 21.8. The first-order valence-corrected chi connectivity index (χ1v) is 9.38. The van der Waals surface area contributed by atoms with Crippen molar-refractivity contribution >= 4 is 46.5 Å². The Bertz CT molecular complexity index is 1150. The van der Waals surface area contributed by atoms with Crippen LogP contribution in [0.3, 0.4) is 0 Å². The van der Waals surface area contributed by atoms with Gasteiger partial charge in [-0.1, -0.05) is 35.3 Å². The molecule has 0 fully saturated rings. The number of amidine groups is 1. The van der Waals surface area contributed by atoms with Crippen LogP contribution in [-0.2, 0) is 6.42 Å². The standard InChI is InChI=1S/C21H15Cl2FN4O2/c22-13-3-1-11(8-18(29)15-5-2-12(20(25)26)7-17(15)24)16(9-13)21(30)28-19-6-4-14(23)10-27-19/h1-7,9-10H,8H2,(H3,25,26)(H,27,28,30). The highest BCUT2D eigenvalue weighted by atomic mass is 35.5. The first kappa shape index (κ1) is 21.4. The topological polar surface area (TPSA) is 109 Å². The third-order valence-corrected chi connectivity index (χ3v) is 4.68. The monoisotopic (exact) mass is 444 g/mol. The highest BCUT2D eigenvalue weighted by molar-refractivity contribution is 6.31. The Morgan fingerprint density at radius 1 is 1.03 bits per heavy atom. The predicted molar refractivity (Wildman–Crippen MR) is 114 cm³/mol. The van der Waals surface area contributed by atoms with Crippen molar-refractivity contribution in [3.05, 3.63) is 92.8 Å². The summed E-state index contributed by atoms with van der Waals surface area (Å²) < 4.78 is 14.3. The number of halogens is 3. The molecule has 0 bridgehead atoms. The molecule has 4 N–H and O–H groups in total. The van der Waals surface area contributed by atoms with Crippen LogP contribution in [0.25, 0.3) is 0 Å². The second-order valence-corrected chi connectivity index (χ2v) is 7.20. The van der Waals surface area contributed by atoms with Gasteiger partial charge in [-0.05, 0) is 42.0 Å². The van der Waals surface area contributed by atoms with Gasteiger partial charge in [-0.25, -0.2) is 9.37 Å². The molecule has 152 valence electrons. The van der Waals surface area contributed by atoms with Gasteiger partial charge in [-0.3, -0.25) is 15.0 Å². The van der Waals surface area contributed by atoms with Crippen molar-refractivity contribution in [2.75, 3.05) is 5.32 Å². The van der Waals surface area contributed by atoms with Crippen molar-refractivity contribution in [1.82, 2.24) is 4.98 Å². The number of aromatic nitrogens is 1. The fourth-order valence-corrected chi connectivity index (χ4v) is 3.01. The van der Waals surface area contributed by atoms with E-state index in [-0.39, 0.29) is 34.8 Å². The molecule has 0 aliphatic heterocycles. The van der Waals surface area contributed by atoms with Crippen molar-refractivity contribution in [2.45, 2.75) is 6.42 Å². The molecule has 0 spiro atoms. The van der Waals surface area contributed by atoms with E-state index in [0.717, 1.165) is 6.07 Å². The zero-order valence-electron chi connectivity index (χ0n) is 15.4. The average Bonchev–Trinajstić information content (AvgIpc) is 2.70. The zero-order valence-corrected chi connectivity index (χ0v) is 16.9. The van der Waals surface area contributed by atoms with E-state index in [9.17, 15) is 14.0 Å². The Morgan fingerprint density at radius 2 is 1.77 bits per heavy atom. The predicted octanol–water partition coefficient (Wildman–Crippen LogP) is 4.49. The van der Waals surface area contributed by atoms with Crippen LogP contribution < -0.4 is 11.1 Å². The number of pyridine rings is 1. The van der Waals surface area contributed by atoms with Crippen LogP contribution in [-0.4, -0.2) is 22.5 Å². The summed E-state index contributed by atoms with van der Waals surface area (Å²) in [6.45, 7) is 0. The lowest BCUT2D eigenvalue weighted by molar-refractivity contribution is 0.0988. The Labute approximate surface area is 181 Å². The van der Waals surface area contributed by atoms with Gasteiger partial charge in [-0.15, -0.1) is 0 Å². The van der Waals surface area contributed by atoms with Crippen LogP contribution in [0.5, 0.6) is 0 Å². The highest BCUT2D eigenvalue weighted by Crippen LogP contribution is 2.21. The molecule has 1 heterocycles. The number of amides is 1. The Balaban J connectivity index is 1.86. The third kappa shape index (κ3) is 5.00. The molecule has 0 unspecified atom stereocenters. The molecule has 6 nitrogen and oxygen atoms in total. The number of rotatable bonds is 6. The van der Waals surface area contributed by atoms with Crippen LogP contribution in [0, 0.1) is 11.2 Å². The van der Waals surface area contributed by atoms with Gasteiger partial charge in [0.1, 0.15) is 17.5 Å². The number of benzene rings is 2. The van der Waals surface area contributed by atoms with Gasteiger partial charge in [0.15, 0.2) is 5.78 Å². The molecule has 0 radical (unpaired) electrons. The lowest BCUT2D eigenvalue weighted by atomic mass is 9.97. The van der Waals surface area contributed by atoms with E-state index in [2.05, 4.69) is 10.3 Å². The number of nitrogens with two attached hydrogens (primary N) is 1. The smallest absolute Gasteiger partial charge is 0.257 e. The number of carbonyl (C=O) groups excluding carboxylic acids is 2. The van der Waals surface area contributed by atoms with Gasteiger partial charge in [0.05, 0.1) is 10.6 Å². The SMILES string of the molecule is N=C(N)c1ccc(C(=O)Cc2ccc(Cl)cc2C(=O)Nc2ccc(Cl)cn2)c(F)c1. The largest absolute Gasteiger partial charge is 0.384 e. The summed E-state index contributed by atoms with van der Waals surface area (Å²) in [5, 5.41) is 10.7. The minimum atomic E-state index is -0.793. The number of anilines is 1. The van der Waals surface area contributed by atoms with E-state index in [1.165, 1.54) is 42.6 Å². The molecule has 3 rings (SSSR count). The molecule has 0 aliphatic rings. The fourth-order valence-electron chi connectivity index (χ4n) is 2.72. The quantitative estimate of drug-likeness (QED) is 0.295. The number of hydrogen-bond acceptors (Lipinski definition) is 4. The molecular weight excluding hydrogens is 430 g/mol. The van der Waals surface area contributed by atoms with Crippen molar-refractivity contribution in [3.63, 3.8) is 0 Å². The van der Waals surface area contributed by atoms with Crippen LogP contribution in [0.1, 0.15) is 31.8 Å². The molecule has 0 aliphatic carbocycles. The molecule has 1 aromatic heterocycles. The Kier molecular flexibility index (Phi) is 6.44. The van der Waals surface area contributed by atoms with Gasteiger partial charge in [0.25, 0.3) is 5.91 Å². The molecule has 2 aromatic carbocycles. The number of ketones is 1. The molecule has 0 saturated heterocycles. The van der Waals surface area contributed by atoms with Crippen molar-refractivity contribution in [2.24, 2.45) is 5.73 Å². The average molecular weight is 445 g/mol. The van der Waals surface area contributed by atoms with Crippen molar-refractivity contribution in [3.8, 4) is 0 Å². The summed E-state index contributed by atoms with van der Waals surface area (Å²) in [6.07, 6.45) is 1.15. The highest BCUT2D eigenvalue weighted by Gasteiger charge is 2.19. The van der Waals surface area contributed by atoms with E-state index in [0.29, 0.717) is 15.6 Å². The van der Waals surface area contributed by atoms with Gasteiger partial charge < -0.3 is 11.1 Å². The summed E-state index contributed by atoms with van der Waals surface area (Å²) in [5.74, 6) is -1.89. The first-order chi connectivity index (χ1) is 14.2. The van der Waals surface area contributed by atoms with Gasteiger partial charge in [0, 0.05) is 28.8 Å². The molecular formula is C21H15Cl2FN4O2. The number of carbonyl (C=O) groups is 2. The Morgan fingerprint density at radius 3 is 2.40 bits per heavy atom. The summed E-state index contributed by atoms with van der Waals surface area (Å²) in [4.78, 5) is 29.4. The number of hydrogen-bond donors (Lipinski definition) is 3. The van der Waals surface area contributed by atoms with E-state index in [4.69, 9.17) is 34.3 Å². The minimum Gasteiger partial charge on any atom is -0.384 e. The van der Waals surface area contributed by atoms with Gasteiger partial charge in [-0.2, -0.15) is 0 Å². The number of nitrogen functional groups attached to an aromatic ring is 1. The lowest BCUT2D eigenvalue weighted by Gasteiger charge is -2.11. The number of nitrogens with one attached hydrogen (secondary N) is 2. The first-order valence-electron chi connectivity index (χ1n) is 8.63. The molecule has 30 heavy (non-hydrogen) atoms. The van der Waals surface area contributed by atoms with Gasteiger partial charge in [0.2, 0.25) is 0 Å². The molecule has 0 atom stereocenters. The van der Waals surface area contributed by atoms with E-state index in [1.807, 2.05) is 0 Å². The van der Waals surface area contributed by atoms with Crippen LogP contribution in [0.15, 0.2) is 54.7 Å². The maximum atomic E-state index is 14.3. The van der Waals surface area contributed by atoms with E-state index in [1.54, 1.807) is 6.07 Å². The maximum Gasteiger partial charge on any atom is 0.257 e. The molecule has 9 heteroatoms. The molecule has 1 amide bonds. The molecule has 0 saturated carbocycles. The summed E-state index contributed by atoms with van der Waals surface area (Å²) >= 11 is 11.8. The normalized spacial score (nSPS) is 10.5. The van der Waals surface area contributed by atoms with Crippen LogP contribution in [0.4, 0.5) is 10.2 Å². The van der Waals surface area contributed by atoms with E-state index >= 15 is 0 Å². The van der Waals surface area contributed by atoms with Crippen LogP contribution in [0.2, 0.25) is 10.0 Å². The number of nitrogens with zero attached hydrogens (tertiary/aromatic N) is 1. The number of Topliss-reactive ketones (excluding diaryl/α,β-unsaturated/α-hetero) is 1. The van der Waals surface area contributed by atoms with Crippen LogP contribution >= 0.6 is 23.2 Å².